The van der Waals surface area contributed by atoms with E-state index in [1.54, 1.807) is 4.90 Å². The van der Waals surface area contributed by atoms with Gasteiger partial charge >= 0.3 is 12.0 Å². The number of likely N-dealkylation sites (tertiary alicyclic amines) is 1. The molecule has 0 aliphatic carbocycles. The highest BCUT2D eigenvalue weighted by molar-refractivity contribution is 5.86. The lowest BCUT2D eigenvalue weighted by Gasteiger charge is -2.38. The Bertz CT molecular complexity index is 353. The largest absolute Gasteiger partial charge is 0.480 e. The highest BCUT2D eigenvalue weighted by atomic mass is 16.5. The molecule has 0 bridgehead atoms. The van der Waals surface area contributed by atoms with Gasteiger partial charge in [0.25, 0.3) is 0 Å². The van der Waals surface area contributed by atoms with Gasteiger partial charge in [-0.25, -0.2) is 9.59 Å². The molecule has 0 radical (unpaired) electrons. The Morgan fingerprint density at radius 1 is 1.37 bits per heavy atom. The van der Waals surface area contributed by atoms with Gasteiger partial charge in [0.1, 0.15) is 5.54 Å². The molecular weight excluding hydrogens is 248 g/mol. The van der Waals surface area contributed by atoms with Crippen LogP contribution in [-0.4, -0.2) is 53.8 Å². The molecule has 2 aliphatic heterocycles. The maximum absolute atomic E-state index is 12.2. The fourth-order valence-corrected chi connectivity index (χ4v) is 2.77. The number of carbonyl (C=O) groups excluding carboxylic acids is 1. The van der Waals surface area contributed by atoms with Gasteiger partial charge in [-0.1, -0.05) is 6.92 Å². The Morgan fingerprint density at radius 2 is 2.05 bits per heavy atom. The van der Waals surface area contributed by atoms with Gasteiger partial charge < -0.3 is 20.1 Å². The van der Waals surface area contributed by atoms with Crippen molar-refractivity contribution in [3.8, 4) is 0 Å². The second-order valence-corrected chi connectivity index (χ2v) is 5.62. The van der Waals surface area contributed by atoms with Gasteiger partial charge in [-0.05, 0) is 18.8 Å². The maximum atomic E-state index is 12.2. The topological polar surface area (TPSA) is 78.9 Å². The maximum Gasteiger partial charge on any atom is 0.329 e. The smallest absolute Gasteiger partial charge is 0.329 e. The fraction of sp³-hybridized carbons (Fsp3) is 0.846. The summed E-state index contributed by atoms with van der Waals surface area (Å²) >= 11 is 0. The first-order valence-corrected chi connectivity index (χ1v) is 6.92. The van der Waals surface area contributed by atoms with Crippen molar-refractivity contribution in [3.63, 3.8) is 0 Å². The minimum atomic E-state index is -1.16. The summed E-state index contributed by atoms with van der Waals surface area (Å²) < 4.78 is 5.19. The molecule has 2 fully saturated rings. The van der Waals surface area contributed by atoms with Gasteiger partial charge in [0.15, 0.2) is 0 Å². The molecule has 19 heavy (non-hydrogen) atoms. The number of carboxylic acids is 1. The molecule has 0 saturated carbocycles. The predicted molar refractivity (Wildman–Crippen MR) is 68.9 cm³/mol. The van der Waals surface area contributed by atoms with E-state index in [1.165, 1.54) is 0 Å². The number of rotatable bonds is 2. The van der Waals surface area contributed by atoms with Crippen molar-refractivity contribution in [1.82, 2.24) is 10.2 Å². The van der Waals surface area contributed by atoms with Crippen LogP contribution in [0.4, 0.5) is 4.79 Å². The second kappa shape index (κ2) is 5.77. The quantitative estimate of drug-likeness (QED) is 0.786. The van der Waals surface area contributed by atoms with Gasteiger partial charge in [0.05, 0.1) is 0 Å². The lowest BCUT2D eigenvalue weighted by molar-refractivity contribution is -0.148. The number of aliphatic carboxylic acids is 1. The van der Waals surface area contributed by atoms with Gasteiger partial charge in [-0.15, -0.1) is 0 Å². The molecule has 1 unspecified atom stereocenters. The number of nitrogens with zero attached hydrogens (tertiary/aromatic N) is 1. The number of ether oxygens (including phenoxy) is 1. The lowest BCUT2D eigenvalue weighted by Crippen LogP contribution is -2.61. The summed E-state index contributed by atoms with van der Waals surface area (Å²) in [6.07, 6.45) is 2.77. The molecule has 2 rings (SSSR count). The Balaban J connectivity index is 2.00. The third-order valence-corrected chi connectivity index (χ3v) is 4.05. The van der Waals surface area contributed by atoms with Crippen LogP contribution in [0.25, 0.3) is 0 Å². The normalized spacial score (nSPS) is 26.8. The number of urea groups is 1. The number of carboxylic acid groups (broad SMARTS) is 1. The molecule has 2 aliphatic rings. The van der Waals surface area contributed by atoms with Crippen molar-refractivity contribution >= 4 is 12.0 Å². The Labute approximate surface area is 113 Å². The summed E-state index contributed by atoms with van der Waals surface area (Å²) in [5.41, 5.74) is -1.16. The average Bonchev–Trinajstić information content (AvgIpc) is 2.39. The summed E-state index contributed by atoms with van der Waals surface area (Å²) in [5.74, 6) is -0.482. The van der Waals surface area contributed by atoms with Crippen LogP contribution in [0.2, 0.25) is 0 Å². The molecule has 6 heteroatoms. The molecule has 0 aromatic rings. The van der Waals surface area contributed by atoms with Crippen molar-refractivity contribution in [2.24, 2.45) is 5.92 Å². The SMILES string of the molecule is CC1CCCN(C(=O)NC2(C(=O)O)CCOCC2)C1. The molecule has 2 amide bonds. The second-order valence-electron chi connectivity index (χ2n) is 5.62. The zero-order valence-electron chi connectivity index (χ0n) is 11.4. The highest BCUT2D eigenvalue weighted by Gasteiger charge is 2.42. The number of carbonyl (C=O) groups is 2. The molecule has 0 aromatic heterocycles. The highest BCUT2D eigenvalue weighted by Crippen LogP contribution is 2.22. The first kappa shape index (κ1) is 14.1. The predicted octanol–water partition coefficient (Wildman–Crippen LogP) is 1.06. The van der Waals surface area contributed by atoms with E-state index in [4.69, 9.17) is 4.74 Å². The number of hydrogen-bond acceptors (Lipinski definition) is 3. The summed E-state index contributed by atoms with van der Waals surface area (Å²) in [4.78, 5) is 25.4. The van der Waals surface area contributed by atoms with E-state index in [0.717, 1.165) is 12.8 Å². The summed E-state index contributed by atoms with van der Waals surface area (Å²) in [6, 6.07) is -0.254. The molecule has 0 aromatic carbocycles. The minimum absolute atomic E-state index is 0.254. The molecule has 0 spiro atoms. The third kappa shape index (κ3) is 3.18. The zero-order chi connectivity index (χ0) is 13.9. The number of nitrogens with one attached hydrogen (secondary N) is 1. The third-order valence-electron chi connectivity index (χ3n) is 4.05. The zero-order valence-corrected chi connectivity index (χ0v) is 11.4. The lowest BCUT2D eigenvalue weighted by atomic mass is 9.90. The first-order chi connectivity index (χ1) is 9.03. The molecule has 1 atom stereocenters. The van der Waals surface area contributed by atoms with E-state index in [-0.39, 0.29) is 6.03 Å². The molecule has 108 valence electrons. The Morgan fingerprint density at radius 3 is 2.63 bits per heavy atom. The van der Waals surface area contributed by atoms with Crippen LogP contribution >= 0.6 is 0 Å². The molecular formula is C13H22N2O4. The minimum Gasteiger partial charge on any atom is -0.480 e. The Kier molecular flexibility index (Phi) is 4.29. The van der Waals surface area contributed by atoms with Crippen LogP contribution in [0.5, 0.6) is 0 Å². The van der Waals surface area contributed by atoms with Crippen LogP contribution in [0.15, 0.2) is 0 Å². The molecule has 6 nitrogen and oxygen atoms in total. The van der Waals surface area contributed by atoms with Gasteiger partial charge in [-0.3, -0.25) is 0 Å². The van der Waals surface area contributed by atoms with E-state index in [9.17, 15) is 14.7 Å². The monoisotopic (exact) mass is 270 g/mol. The summed E-state index contributed by atoms with van der Waals surface area (Å²) in [5, 5.41) is 12.1. The Hall–Kier alpha value is -1.30. The van der Waals surface area contributed by atoms with Gasteiger partial charge in [-0.2, -0.15) is 0 Å². The summed E-state index contributed by atoms with van der Waals surface area (Å²) in [6.45, 7) is 4.28. The van der Waals surface area contributed by atoms with Gasteiger partial charge in [0, 0.05) is 39.1 Å². The van der Waals surface area contributed by atoms with E-state index < -0.39 is 11.5 Å². The van der Waals surface area contributed by atoms with E-state index in [1.807, 2.05) is 0 Å². The standard InChI is InChI=1S/C13H22N2O4/c1-10-3-2-6-15(9-10)12(18)14-13(11(16)17)4-7-19-8-5-13/h10H,2-9H2,1H3,(H,14,18)(H,16,17). The van der Waals surface area contributed by atoms with Crippen molar-refractivity contribution in [2.45, 2.75) is 38.1 Å². The van der Waals surface area contributed by atoms with Gasteiger partial charge in [0.2, 0.25) is 0 Å². The van der Waals surface area contributed by atoms with Crippen LogP contribution in [0, 0.1) is 5.92 Å². The number of piperidine rings is 1. The van der Waals surface area contributed by atoms with Crippen LogP contribution in [-0.2, 0) is 9.53 Å². The molecule has 2 N–H and O–H groups in total. The van der Waals surface area contributed by atoms with E-state index in [0.29, 0.717) is 45.1 Å². The van der Waals surface area contributed by atoms with Crippen LogP contribution < -0.4 is 5.32 Å². The molecule has 2 heterocycles. The summed E-state index contributed by atoms with van der Waals surface area (Å²) in [7, 11) is 0. The van der Waals surface area contributed by atoms with Crippen molar-refractivity contribution in [3.05, 3.63) is 0 Å². The number of hydrogen-bond donors (Lipinski definition) is 2. The fourth-order valence-electron chi connectivity index (χ4n) is 2.77. The van der Waals surface area contributed by atoms with Crippen molar-refractivity contribution < 1.29 is 19.4 Å². The van der Waals surface area contributed by atoms with Crippen molar-refractivity contribution in [1.29, 1.82) is 0 Å². The average molecular weight is 270 g/mol. The van der Waals surface area contributed by atoms with Crippen molar-refractivity contribution in [2.75, 3.05) is 26.3 Å². The molecule has 2 saturated heterocycles. The van der Waals surface area contributed by atoms with Crippen LogP contribution in [0.1, 0.15) is 32.6 Å². The number of amides is 2. The van der Waals surface area contributed by atoms with E-state index in [2.05, 4.69) is 12.2 Å². The van der Waals surface area contributed by atoms with E-state index >= 15 is 0 Å². The first-order valence-electron chi connectivity index (χ1n) is 6.92. The van der Waals surface area contributed by atoms with Crippen LogP contribution in [0.3, 0.4) is 0 Å².